The quantitative estimate of drug-likeness (QED) is 0.529. The van der Waals surface area contributed by atoms with Gasteiger partial charge < -0.3 is 10.1 Å². The first kappa shape index (κ1) is 21.6. The minimum absolute atomic E-state index is 0.0785. The lowest BCUT2D eigenvalue weighted by Crippen LogP contribution is -2.22. The van der Waals surface area contributed by atoms with E-state index in [9.17, 15) is 4.79 Å². The average Bonchev–Trinajstić information content (AvgIpc) is 3.06. The van der Waals surface area contributed by atoms with E-state index in [2.05, 4.69) is 37.3 Å². The Morgan fingerprint density at radius 2 is 1.73 bits per heavy atom. The van der Waals surface area contributed by atoms with Crippen molar-refractivity contribution < 1.29 is 9.53 Å². The maximum Gasteiger partial charge on any atom is 0.277 e. The molecule has 0 bridgehead atoms. The zero-order valence-electron chi connectivity index (χ0n) is 18.1. The van der Waals surface area contributed by atoms with Crippen LogP contribution >= 0.6 is 0 Å². The normalized spacial score (nSPS) is 14.9. The summed E-state index contributed by atoms with van der Waals surface area (Å²) in [5.74, 6) is 0.733. The van der Waals surface area contributed by atoms with Gasteiger partial charge in [0.15, 0.2) is 0 Å². The molecule has 0 aliphatic carbocycles. The van der Waals surface area contributed by atoms with Crippen molar-refractivity contribution in [1.29, 1.82) is 0 Å². The Bertz CT molecular complexity index is 933. The minimum atomic E-state index is -0.0785. The van der Waals surface area contributed by atoms with E-state index in [0.29, 0.717) is 18.7 Å². The van der Waals surface area contributed by atoms with Crippen molar-refractivity contribution in [3.63, 3.8) is 0 Å². The fourth-order valence-corrected chi connectivity index (χ4v) is 3.45. The number of nitrogens with zero attached hydrogens (tertiary/aromatic N) is 2. The number of para-hydroxylation sites is 2. The van der Waals surface area contributed by atoms with E-state index in [4.69, 9.17) is 4.74 Å². The van der Waals surface area contributed by atoms with Gasteiger partial charge in [-0.05, 0) is 37.0 Å². The predicted octanol–water partition coefficient (Wildman–Crippen LogP) is 5.53. The molecule has 0 spiro atoms. The number of carbonyl (C=O) groups excluding carboxylic acids is 1. The van der Waals surface area contributed by atoms with Crippen LogP contribution in [0.25, 0.3) is 0 Å². The molecule has 0 aromatic heterocycles. The van der Waals surface area contributed by atoms with Gasteiger partial charge in [0.1, 0.15) is 5.75 Å². The van der Waals surface area contributed by atoms with Crippen molar-refractivity contribution in [2.75, 3.05) is 11.9 Å². The van der Waals surface area contributed by atoms with Gasteiger partial charge >= 0.3 is 0 Å². The van der Waals surface area contributed by atoms with Gasteiger partial charge in [-0.1, -0.05) is 63.6 Å². The van der Waals surface area contributed by atoms with Gasteiger partial charge in [0, 0.05) is 17.5 Å². The van der Waals surface area contributed by atoms with Crippen molar-refractivity contribution in [1.82, 2.24) is 5.01 Å². The number of ether oxygens (including phenoxy) is 1. The summed E-state index contributed by atoms with van der Waals surface area (Å²) in [7, 11) is 0. The van der Waals surface area contributed by atoms with Gasteiger partial charge in [0.25, 0.3) is 5.91 Å². The fourth-order valence-electron chi connectivity index (χ4n) is 3.45. The number of hydrogen-bond acceptors (Lipinski definition) is 4. The lowest BCUT2D eigenvalue weighted by molar-refractivity contribution is -0.126. The molecule has 0 radical (unpaired) electrons. The molecule has 0 atom stereocenters. The number of carbonyl (C=O) groups is 1. The smallest absolute Gasteiger partial charge is 0.277 e. The Morgan fingerprint density at radius 3 is 2.47 bits per heavy atom. The number of aryl methyl sites for hydroxylation is 1. The molecular weight excluding hydrogens is 374 g/mol. The summed E-state index contributed by atoms with van der Waals surface area (Å²) in [5.41, 5.74) is 4.66. The molecule has 0 unspecified atom stereocenters. The molecule has 0 fully saturated rings. The molecule has 2 aromatic carbocycles. The molecule has 30 heavy (non-hydrogen) atoms. The number of anilines is 1. The Balaban J connectivity index is 1.81. The third kappa shape index (κ3) is 5.09. The van der Waals surface area contributed by atoms with Crippen molar-refractivity contribution >= 4 is 17.3 Å². The van der Waals surface area contributed by atoms with E-state index in [-0.39, 0.29) is 5.91 Å². The van der Waals surface area contributed by atoms with Crippen LogP contribution < -0.4 is 10.1 Å². The number of amides is 1. The number of hydrogen-bond donors (Lipinski definition) is 1. The zero-order valence-corrected chi connectivity index (χ0v) is 18.1. The predicted molar refractivity (Wildman–Crippen MR) is 123 cm³/mol. The van der Waals surface area contributed by atoms with Crippen molar-refractivity contribution in [2.45, 2.75) is 53.0 Å². The third-order valence-corrected chi connectivity index (χ3v) is 5.03. The van der Waals surface area contributed by atoms with E-state index < -0.39 is 0 Å². The van der Waals surface area contributed by atoms with Crippen LogP contribution in [0.1, 0.15) is 51.2 Å². The second-order valence-electron chi connectivity index (χ2n) is 7.33. The highest BCUT2D eigenvalue weighted by molar-refractivity contribution is 6.24. The highest BCUT2D eigenvalue weighted by Gasteiger charge is 2.30. The van der Waals surface area contributed by atoms with Crippen LogP contribution in [0, 0.1) is 0 Å². The largest absolute Gasteiger partial charge is 0.493 e. The molecule has 1 N–H and O–H groups in total. The lowest BCUT2D eigenvalue weighted by Gasteiger charge is -2.15. The van der Waals surface area contributed by atoms with Crippen LogP contribution in [-0.2, 0) is 17.8 Å². The van der Waals surface area contributed by atoms with Crippen molar-refractivity contribution in [3.05, 3.63) is 71.4 Å². The number of rotatable bonds is 10. The Hall–Kier alpha value is -3.08. The number of hydrazone groups is 1. The van der Waals surface area contributed by atoms with E-state index in [1.165, 1.54) is 5.56 Å². The van der Waals surface area contributed by atoms with Crippen LogP contribution in [0.4, 0.5) is 5.69 Å². The molecule has 1 aliphatic heterocycles. The van der Waals surface area contributed by atoms with Gasteiger partial charge in [-0.25, -0.2) is 5.01 Å². The molecule has 1 heterocycles. The summed E-state index contributed by atoms with van der Waals surface area (Å²) in [6.45, 7) is 7.35. The molecule has 158 valence electrons. The molecule has 2 aromatic rings. The Morgan fingerprint density at radius 1 is 1.00 bits per heavy atom. The summed E-state index contributed by atoms with van der Waals surface area (Å²) in [4.78, 5) is 13.2. The molecule has 5 nitrogen and oxygen atoms in total. The summed E-state index contributed by atoms with van der Waals surface area (Å²) in [5, 5.41) is 9.54. The fraction of sp³-hybridized carbons (Fsp3) is 0.360. The van der Waals surface area contributed by atoms with E-state index in [1.54, 1.807) is 5.01 Å². The van der Waals surface area contributed by atoms with Crippen LogP contribution in [0.3, 0.4) is 0 Å². The van der Waals surface area contributed by atoms with E-state index >= 15 is 0 Å². The number of nitrogens with one attached hydrogen (secondary N) is 1. The van der Waals surface area contributed by atoms with Gasteiger partial charge in [-0.3, -0.25) is 4.79 Å². The Labute approximate surface area is 179 Å². The van der Waals surface area contributed by atoms with Crippen LogP contribution in [0.5, 0.6) is 5.75 Å². The van der Waals surface area contributed by atoms with Crippen molar-refractivity contribution in [3.8, 4) is 5.75 Å². The van der Waals surface area contributed by atoms with E-state index in [0.717, 1.165) is 48.4 Å². The average molecular weight is 406 g/mol. The van der Waals surface area contributed by atoms with Gasteiger partial charge in [0.05, 0.1) is 24.4 Å². The minimum Gasteiger partial charge on any atom is -0.493 e. The topological polar surface area (TPSA) is 53.9 Å². The number of benzene rings is 2. The van der Waals surface area contributed by atoms with E-state index in [1.807, 2.05) is 48.7 Å². The summed E-state index contributed by atoms with van der Waals surface area (Å²) in [6.07, 6.45) is 5.37. The highest BCUT2D eigenvalue weighted by Crippen LogP contribution is 2.26. The molecule has 0 saturated carbocycles. The standard InChI is InChI=1S/C25H31N3O2/c1-4-11-23-21(17-26-22-14-9-7-12-19(22)6-3)25(29)28(27-23)18-20-13-8-10-15-24(20)30-16-5-2/h7-10,12-15,17,26H,4-6,11,16,18H2,1-3H3/b21-17-. The van der Waals surface area contributed by atoms with Gasteiger partial charge in [-0.2, -0.15) is 5.10 Å². The van der Waals surface area contributed by atoms with Crippen LogP contribution in [-0.4, -0.2) is 23.2 Å². The molecule has 1 amide bonds. The monoisotopic (exact) mass is 405 g/mol. The zero-order chi connectivity index (χ0) is 21.3. The molecule has 0 saturated heterocycles. The van der Waals surface area contributed by atoms with Crippen LogP contribution in [0.15, 0.2) is 65.4 Å². The second kappa shape index (κ2) is 10.6. The first-order valence-electron chi connectivity index (χ1n) is 10.8. The summed E-state index contributed by atoms with van der Waals surface area (Å²) < 4.78 is 5.85. The summed E-state index contributed by atoms with van der Waals surface area (Å²) >= 11 is 0. The van der Waals surface area contributed by atoms with Crippen molar-refractivity contribution in [2.24, 2.45) is 5.10 Å². The first-order chi connectivity index (χ1) is 14.7. The second-order valence-corrected chi connectivity index (χ2v) is 7.33. The lowest BCUT2D eigenvalue weighted by atomic mass is 10.1. The molecule has 3 rings (SSSR count). The molecule has 5 heteroatoms. The van der Waals surface area contributed by atoms with Crippen LogP contribution in [0.2, 0.25) is 0 Å². The highest BCUT2D eigenvalue weighted by atomic mass is 16.5. The molecular formula is C25H31N3O2. The first-order valence-corrected chi connectivity index (χ1v) is 10.8. The summed E-state index contributed by atoms with van der Waals surface area (Å²) in [6, 6.07) is 16.0. The third-order valence-electron chi connectivity index (χ3n) is 5.03. The SMILES string of the molecule is CCCOc1ccccc1CN1N=C(CCC)/C(=C/Nc2ccccc2CC)C1=O. The Kier molecular flexibility index (Phi) is 7.66. The van der Waals surface area contributed by atoms with Gasteiger partial charge in [-0.15, -0.1) is 0 Å². The maximum atomic E-state index is 13.2. The molecule has 1 aliphatic rings. The maximum absolute atomic E-state index is 13.2. The van der Waals surface area contributed by atoms with Gasteiger partial charge in [0.2, 0.25) is 0 Å².